The molecule has 0 rings (SSSR count). The fraction of sp³-hybridized carbons (Fsp3) is 1.00. The van der Waals surface area contributed by atoms with Crippen LogP contribution in [-0.2, 0) is 31.1 Å². The predicted molar refractivity (Wildman–Crippen MR) is 115 cm³/mol. The molecule has 0 bridgehead atoms. The van der Waals surface area contributed by atoms with E-state index in [0.717, 1.165) is 38.5 Å². The van der Waals surface area contributed by atoms with Crippen molar-refractivity contribution in [3.05, 3.63) is 0 Å². The predicted octanol–water partition coefficient (Wildman–Crippen LogP) is 7.44. The van der Waals surface area contributed by atoms with Crippen molar-refractivity contribution in [3.63, 3.8) is 0 Å². The van der Waals surface area contributed by atoms with Crippen molar-refractivity contribution >= 4 is 8.32 Å². The quantitative estimate of drug-likeness (QED) is 0.174. The monoisotopic (exact) mass is 440 g/mol. The number of unbranched alkanes of at least 4 members (excludes halogenated alkanes) is 3. The zero-order valence-corrected chi connectivity index (χ0v) is 22.3. The summed E-state index contributed by atoms with van der Waals surface area (Å²) in [6.45, 7) is 22.4. The maximum atomic E-state index is 7.11. The summed E-state index contributed by atoms with van der Waals surface area (Å²) in [6, 6.07) is 0. The van der Waals surface area contributed by atoms with Crippen LogP contribution in [0.25, 0.3) is 0 Å². The Hall–Kier alpha value is 0.771. The topological polar surface area (TPSA) is 36.9 Å². The van der Waals surface area contributed by atoms with Gasteiger partial charge < -0.3 is 0 Å². The van der Waals surface area contributed by atoms with E-state index in [1.807, 2.05) is 0 Å². The molecule has 0 heterocycles. The first-order valence-electron chi connectivity index (χ1n) is 11.3. The Bertz CT molecular complexity index is 316. The van der Waals surface area contributed by atoms with E-state index in [9.17, 15) is 0 Å². The van der Waals surface area contributed by atoms with Crippen LogP contribution in [-0.4, -0.2) is 28.1 Å². The third kappa shape index (κ3) is 8.98. The Morgan fingerprint density at radius 2 is 0.889 bits per heavy atom. The second-order valence-electron chi connectivity index (χ2n) is 8.53. The van der Waals surface area contributed by atoms with E-state index in [1.54, 1.807) is 0 Å². The summed E-state index contributed by atoms with van der Waals surface area (Å²) in [7, 11) is -2.14. The van der Waals surface area contributed by atoms with Crippen LogP contribution in [0.5, 0.6) is 0 Å². The Labute approximate surface area is 176 Å². The van der Waals surface area contributed by atoms with Gasteiger partial charge in [-0.1, -0.05) is 0 Å². The molecular formula is C21H48O4SiTi. The molecule has 0 unspecified atom stereocenters. The second-order valence-corrected chi connectivity index (χ2v) is 17.8. The molecule has 0 atom stereocenters. The summed E-state index contributed by atoms with van der Waals surface area (Å²) in [4.78, 5) is 0. The Balaban J connectivity index is 5.79. The van der Waals surface area contributed by atoms with E-state index in [2.05, 4.69) is 62.3 Å². The molecule has 0 aromatic heterocycles. The molecule has 0 radical (unpaired) electrons. The van der Waals surface area contributed by atoms with Crippen molar-refractivity contribution in [2.45, 2.75) is 117 Å². The summed E-state index contributed by atoms with van der Waals surface area (Å²) in [5.41, 5.74) is 1.46. The first-order valence-corrected chi connectivity index (χ1v) is 16.0. The van der Waals surface area contributed by atoms with Crippen molar-refractivity contribution in [1.29, 1.82) is 0 Å². The standard InChI is InChI=1S/C9H21OSi.3C4H9O.Ti/c1-7(2)11(10,8(3)4)9(5)6;3*1-2-3-4-5;/h7-9H,1-6H3;3*2-4H2,1H3;/q4*-1;+4. The Morgan fingerprint density at radius 3 is 1.11 bits per heavy atom. The molecule has 164 valence electrons. The SMILES string of the molecule is CCCC[O][Ti]([O]CCCC)([O]CCCC)[O][Si](C(C)C)(C(C)C)C(C)C. The zero-order valence-electron chi connectivity index (χ0n) is 19.7. The van der Waals surface area contributed by atoms with Gasteiger partial charge in [-0.05, 0) is 0 Å². The molecule has 0 saturated carbocycles. The van der Waals surface area contributed by atoms with Crippen LogP contribution >= 0.6 is 0 Å². The average molecular weight is 441 g/mol. The van der Waals surface area contributed by atoms with E-state index in [0.29, 0.717) is 36.4 Å². The van der Waals surface area contributed by atoms with Crippen LogP contribution in [0.3, 0.4) is 0 Å². The molecule has 27 heavy (non-hydrogen) atoms. The molecule has 0 aliphatic rings. The molecule has 0 aromatic carbocycles. The Kier molecular flexibility index (Phi) is 15.1. The minimum atomic E-state index is -3.80. The number of rotatable bonds is 17. The molecule has 0 spiro atoms. The van der Waals surface area contributed by atoms with Crippen molar-refractivity contribution in [3.8, 4) is 0 Å². The van der Waals surface area contributed by atoms with E-state index >= 15 is 0 Å². The second kappa shape index (κ2) is 14.7. The van der Waals surface area contributed by atoms with E-state index in [1.165, 1.54) is 0 Å². The molecule has 0 N–H and O–H groups in total. The number of hydrogen-bond acceptors (Lipinski definition) is 4. The molecule has 4 nitrogen and oxygen atoms in total. The molecule has 0 aliphatic heterocycles. The van der Waals surface area contributed by atoms with Gasteiger partial charge in [0.05, 0.1) is 0 Å². The third-order valence-corrected chi connectivity index (χ3v) is 16.8. The zero-order chi connectivity index (χ0) is 20.9. The molecule has 0 aliphatic carbocycles. The van der Waals surface area contributed by atoms with E-state index in [-0.39, 0.29) is 0 Å². The van der Waals surface area contributed by atoms with Gasteiger partial charge >= 0.3 is 177 Å². The van der Waals surface area contributed by atoms with Gasteiger partial charge in [-0.3, -0.25) is 0 Å². The molecule has 6 heteroatoms. The van der Waals surface area contributed by atoms with E-state index < -0.39 is 26.5 Å². The Morgan fingerprint density at radius 1 is 0.593 bits per heavy atom. The van der Waals surface area contributed by atoms with Crippen LogP contribution in [0.4, 0.5) is 0 Å². The molecular weight excluding hydrogens is 392 g/mol. The van der Waals surface area contributed by atoms with Gasteiger partial charge in [0.1, 0.15) is 0 Å². The van der Waals surface area contributed by atoms with Gasteiger partial charge in [0.15, 0.2) is 0 Å². The van der Waals surface area contributed by atoms with Crippen LogP contribution in [0.15, 0.2) is 0 Å². The molecule has 0 fully saturated rings. The fourth-order valence-electron chi connectivity index (χ4n) is 3.81. The fourth-order valence-corrected chi connectivity index (χ4v) is 17.5. The molecule has 0 amide bonds. The maximum absolute atomic E-state index is 7.11. The summed E-state index contributed by atoms with van der Waals surface area (Å²) < 4.78 is 26.4. The summed E-state index contributed by atoms with van der Waals surface area (Å²) in [6.07, 6.45) is 6.36. The van der Waals surface area contributed by atoms with Crippen LogP contribution in [0.1, 0.15) is 101 Å². The van der Waals surface area contributed by atoms with Gasteiger partial charge in [-0.25, -0.2) is 0 Å². The van der Waals surface area contributed by atoms with Crippen LogP contribution in [0.2, 0.25) is 16.6 Å². The molecule has 0 aromatic rings. The van der Waals surface area contributed by atoms with Crippen molar-refractivity contribution in [1.82, 2.24) is 0 Å². The van der Waals surface area contributed by atoms with Crippen molar-refractivity contribution in [2.24, 2.45) is 0 Å². The van der Waals surface area contributed by atoms with E-state index in [4.69, 9.17) is 13.0 Å². The van der Waals surface area contributed by atoms with Gasteiger partial charge in [0.2, 0.25) is 0 Å². The first kappa shape index (κ1) is 27.8. The molecule has 0 saturated heterocycles. The number of hydrogen-bond donors (Lipinski definition) is 0. The third-order valence-electron chi connectivity index (χ3n) is 5.34. The van der Waals surface area contributed by atoms with Gasteiger partial charge in [0, 0.05) is 0 Å². The summed E-state index contributed by atoms with van der Waals surface area (Å²) >= 11 is -3.80. The summed E-state index contributed by atoms with van der Waals surface area (Å²) in [5, 5.41) is 0. The minimum absolute atomic E-state index is 0.488. The van der Waals surface area contributed by atoms with Gasteiger partial charge in [-0.2, -0.15) is 0 Å². The first-order chi connectivity index (χ1) is 12.7. The van der Waals surface area contributed by atoms with Crippen molar-refractivity contribution in [2.75, 3.05) is 19.8 Å². The van der Waals surface area contributed by atoms with Crippen molar-refractivity contribution < 1.29 is 31.1 Å². The van der Waals surface area contributed by atoms with Crippen LogP contribution < -0.4 is 0 Å². The average Bonchev–Trinajstić information content (AvgIpc) is 2.59. The van der Waals surface area contributed by atoms with Gasteiger partial charge in [-0.15, -0.1) is 0 Å². The van der Waals surface area contributed by atoms with Gasteiger partial charge in [0.25, 0.3) is 0 Å². The normalized spacial score (nSPS) is 13.3. The van der Waals surface area contributed by atoms with Crippen LogP contribution in [0, 0.1) is 0 Å². The summed E-state index contributed by atoms with van der Waals surface area (Å²) in [5.74, 6) is 0.